The summed E-state index contributed by atoms with van der Waals surface area (Å²) in [4.78, 5) is 29.1. The van der Waals surface area contributed by atoms with Crippen LogP contribution < -0.4 is 15.4 Å². The van der Waals surface area contributed by atoms with Gasteiger partial charge in [-0.2, -0.15) is 0 Å². The summed E-state index contributed by atoms with van der Waals surface area (Å²) in [6, 6.07) is 9.06. The minimum atomic E-state index is -0.797. The fraction of sp³-hybridized carbons (Fsp3) is 0.409. The van der Waals surface area contributed by atoms with Crippen LogP contribution in [0.2, 0.25) is 5.02 Å². The Labute approximate surface area is 184 Å². The number of halogens is 2. The largest absolute Gasteiger partial charge is 0.484 e. The second-order valence-corrected chi connectivity index (χ2v) is 8.65. The van der Waals surface area contributed by atoms with Crippen molar-refractivity contribution in [2.75, 3.05) is 6.61 Å². The average molecular weight is 448 g/mol. The van der Waals surface area contributed by atoms with E-state index in [0.717, 1.165) is 6.07 Å². The van der Waals surface area contributed by atoms with Crippen molar-refractivity contribution in [3.63, 3.8) is 0 Å². The number of aliphatic hydroxyl groups is 1. The van der Waals surface area contributed by atoms with Gasteiger partial charge in [-0.05, 0) is 56.4 Å². The molecule has 1 aromatic heterocycles. The summed E-state index contributed by atoms with van der Waals surface area (Å²) in [6.45, 7) is -0.277. The maximum atomic E-state index is 13.5. The lowest BCUT2D eigenvalue weighted by Gasteiger charge is -2.56. The van der Waals surface area contributed by atoms with Crippen molar-refractivity contribution < 1.29 is 23.8 Å². The molecule has 1 aromatic carbocycles. The van der Waals surface area contributed by atoms with Crippen molar-refractivity contribution in [3.05, 3.63) is 59.1 Å². The highest BCUT2D eigenvalue weighted by Crippen LogP contribution is 2.47. The highest BCUT2D eigenvalue weighted by atomic mass is 35.5. The number of benzene rings is 1. The van der Waals surface area contributed by atoms with Crippen molar-refractivity contribution in [2.24, 2.45) is 0 Å². The van der Waals surface area contributed by atoms with E-state index in [0.29, 0.717) is 37.8 Å². The van der Waals surface area contributed by atoms with Crippen molar-refractivity contribution in [3.8, 4) is 5.75 Å². The third-order valence-corrected chi connectivity index (χ3v) is 6.55. The molecule has 2 bridgehead atoms. The SMILES string of the molecule is O=C(COc1ccc(Cl)c(F)c1)NC12CCC(NC(=O)c3ccccn3)(CC1)C(O)C2. The molecule has 164 valence electrons. The summed E-state index contributed by atoms with van der Waals surface area (Å²) >= 11 is 5.64. The Hall–Kier alpha value is -2.71. The summed E-state index contributed by atoms with van der Waals surface area (Å²) in [6.07, 6.45) is 3.39. The molecular weight excluding hydrogens is 425 g/mol. The van der Waals surface area contributed by atoms with Gasteiger partial charge < -0.3 is 20.5 Å². The molecule has 1 atom stereocenters. The van der Waals surface area contributed by atoms with E-state index in [9.17, 15) is 19.1 Å². The van der Waals surface area contributed by atoms with Crippen LogP contribution in [0.15, 0.2) is 42.6 Å². The molecule has 3 aliphatic carbocycles. The van der Waals surface area contributed by atoms with E-state index in [1.807, 2.05) is 0 Å². The van der Waals surface area contributed by atoms with E-state index in [4.69, 9.17) is 16.3 Å². The third kappa shape index (κ3) is 4.50. The van der Waals surface area contributed by atoms with Crippen LogP contribution in [-0.4, -0.2) is 45.7 Å². The molecular formula is C22H23ClFN3O4. The van der Waals surface area contributed by atoms with Crippen LogP contribution in [-0.2, 0) is 4.79 Å². The number of aromatic nitrogens is 1. The fourth-order valence-electron chi connectivity index (χ4n) is 4.50. The molecule has 3 saturated carbocycles. The average Bonchev–Trinajstić information content (AvgIpc) is 2.76. The van der Waals surface area contributed by atoms with Gasteiger partial charge in [0.25, 0.3) is 11.8 Å². The number of rotatable bonds is 6. The molecule has 3 fully saturated rings. The van der Waals surface area contributed by atoms with Gasteiger partial charge in [0.05, 0.1) is 16.7 Å². The molecule has 3 aliphatic rings. The standard InChI is InChI=1S/C22H23ClFN3O4/c23-15-5-4-14(11-16(15)24)31-13-19(29)26-21-6-8-22(9-7-21,18(28)12-21)27-20(30)17-3-1-2-10-25-17/h1-5,10-11,18,28H,6-9,12-13H2,(H,26,29)(H,27,30). The van der Waals surface area contributed by atoms with E-state index < -0.39 is 23.0 Å². The van der Waals surface area contributed by atoms with Gasteiger partial charge in [0, 0.05) is 17.8 Å². The van der Waals surface area contributed by atoms with Gasteiger partial charge >= 0.3 is 0 Å². The number of aliphatic hydroxyl groups excluding tert-OH is 1. The number of carbonyl (C=O) groups is 2. The molecule has 7 nitrogen and oxygen atoms in total. The van der Waals surface area contributed by atoms with E-state index in [-0.39, 0.29) is 29.2 Å². The second-order valence-electron chi connectivity index (χ2n) is 8.24. The third-order valence-electron chi connectivity index (χ3n) is 6.25. The van der Waals surface area contributed by atoms with Crippen LogP contribution in [0.1, 0.15) is 42.6 Å². The Morgan fingerprint density at radius 3 is 2.61 bits per heavy atom. The molecule has 1 heterocycles. The van der Waals surface area contributed by atoms with Gasteiger partial charge in [-0.15, -0.1) is 0 Å². The Balaban J connectivity index is 1.34. The van der Waals surface area contributed by atoms with Crippen molar-refractivity contribution in [1.29, 1.82) is 0 Å². The number of carbonyl (C=O) groups excluding carboxylic acids is 2. The number of hydrogen-bond acceptors (Lipinski definition) is 5. The molecule has 5 rings (SSSR count). The minimum absolute atomic E-state index is 0.0206. The predicted octanol–water partition coefficient (Wildman–Crippen LogP) is 2.62. The smallest absolute Gasteiger partial charge is 0.270 e. The number of fused-ring (bicyclic) bond motifs is 3. The molecule has 2 aromatic rings. The first-order chi connectivity index (χ1) is 14.8. The number of nitrogens with one attached hydrogen (secondary N) is 2. The van der Waals surface area contributed by atoms with Crippen LogP contribution in [0.4, 0.5) is 4.39 Å². The van der Waals surface area contributed by atoms with E-state index >= 15 is 0 Å². The maximum Gasteiger partial charge on any atom is 0.270 e. The molecule has 0 spiro atoms. The Bertz CT molecular complexity index is 980. The number of pyridine rings is 1. The fourth-order valence-corrected chi connectivity index (χ4v) is 4.61. The van der Waals surface area contributed by atoms with Gasteiger partial charge in [-0.25, -0.2) is 4.39 Å². The topological polar surface area (TPSA) is 101 Å². The molecule has 1 unspecified atom stereocenters. The van der Waals surface area contributed by atoms with E-state index in [1.54, 1.807) is 24.4 Å². The van der Waals surface area contributed by atoms with E-state index in [1.165, 1.54) is 12.1 Å². The molecule has 0 aliphatic heterocycles. The lowest BCUT2D eigenvalue weighted by Crippen LogP contribution is -2.70. The number of ether oxygens (including phenoxy) is 1. The first-order valence-electron chi connectivity index (χ1n) is 10.1. The molecule has 2 amide bonds. The van der Waals surface area contributed by atoms with Gasteiger partial charge in [0.15, 0.2) is 6.61 Å². The van der Waals surface area contributed by atoms with Gasteiger partial charge in [-0.3, -0.25) is 14.6 Å². The normalized spacial score (nSPS) is 26.9. The minimum Gasteiger partial charge on any atom is -0.484 e. The first kappa shape index (κ1) is 21.5. The molecule has 31 heavy (non-hydrogen) atoms. The predicted molar refractivity (Wildman–Crippen MR) is 111 cm³/mol. The van der Waals surface area contributed by atoms with Crippen LogP contribution in [0, 0.1) is 5.82 Å². The summed E-state index contributed by atoms with van der Waals surface area (Å²) in [7, 11) is 0. The van der Waals surface area contributed by atoms with E-state index in [2.05, 4.69) is 15.6 Å². The lowest BCUT2D eigenvalue weighted by atomic mass is 9.60. The molecule has 0 radical (unpaired) electrons. The zero-order valence-corrected chi connectivity index (χ0v) is 17.5. The van der Waals surface area contributed by atoms with Gasteiger partial charge in [0.2, 0.25) is 0 Å². The quantitative estimate of drug-likeness (QED) is 0.632. The first-order valence-corrected chi connectivity index (χ1v) is 10.5. The molecule has 9 heteroatoms. The number of hydrogen-bond donors (Lipinski definition) is 3. The summed E-state index contributed by atoms with van der Waals surface area (Å²) in [5, 5.41) is 16.8. The van der Waals surface area contributed by atoms with Crippen molar-refractivity contribution in [2.45, 2.75) is 49.3 Å². The Kier molecular flexibility index (Phi) is 5.85. The zero-order valence-electron chi connectivity index (χ0n) is 16.7. The summed E-state index contributed by atoms with van der Waals surface area (Å²) in [5.74, 6) is -1.08. The summed E-state index contributed by atoms with van der Waals surface area (Å²) in [5.41, 5.74) is -0.975. The lowest BCUT2D eigenvalue weighted by molar-refractivity contribution is -0.129. The maximum absolute atomic E-state index is 13.5. The van der Waals surface area contributed by atoms with Crippen LogP contribution >= 0.6 is 11.6 Å². The summed E-state index contributed by atoms with van der Waals surface area (Å²) < 4.78 is 18.9. The van der Waals surface area contributed by atoms with Gasteiger partial charge in [0.1, 0.15) is 17.3 Å². The highest BCUT2D eigenvalue weighted by Gasteiger charge is 2.55. The zero-order chi connectivity index (χ0) is 22.1. The highest BCUT2D eigenvalue weighted by molar-refractivity contribution is 6.30. The van der Waals surface area contributed by atoms with Crippen molar-refractivity contribution >= 4 is 23.4 Å². The number of amides is 2. The molecule has 0 saturated heterocycles. The second kappa shape index (κ2) is 8.43. The number of nitrogens with zero attached hydrogens (tertiary/aromatic N) is 1. The molecule has 3 N–H and O–H groups in total. The van der Waals surface area contributed by atoms with Crippen LogP contribution in [0.25, 0.3) is 0 Å². The Morgan fingerprint density at radius 2 is 1.97 bits per heavy atom. The van der Waals surface area contributed by atoms with Crippen LogP contribution in [0.5, 0.6) is 5.75 Å². The van der Waals surface area contributed by atoms with Crippen molar-refractivity contribution in [1.82, 2.24) is 15.6 Å². The Morgan fingerprint density at radius 1 is 1.19 bits per heavy atom. The van der Waals surface area contributed by atoms with Gasteiger partial charge in [-0.1, -0.05) is 17.7 Å². The monoisotopic (exact) mass is 447 g/mol. The van der Waals surface area contributed by atoms with Crippen LogP contribution in [0.3, 0.4) is 0 Å².